The quantitative estimate of drug-likeness (QED) is 0.366. The summed E-state index contributed by atoms with van der Waals surface area (Å²) in [6, 6.07) is 0. The lowest BCUT2D eigenvalue weighted by Gasteiger charge is -2.11. The van der Waals surface area contributed by atoms with Crippen LogP contribution in [0.2, 0.25) is 0 Å². The first-order chi connectivity index (χ1) is 8.32. The van der Waals surface area contributed by atoms with Crippen molar-refractivity contribution in [3.05, 3.63) is 23.8 Å². The van der Waals surface area contributed by atoms with Crippen LogP contribution >= 0.6 is 11.6 Å². The molecule has 0 spiro atoms. The SMILES string of the molecule is C=C(C)C(Cl)CC/C(C)=C/CCC(C)OC(C)=O. The minimum absolute atomic E-state index is 0.0113. The Bertz CT molecular complexity index is 308. The number of hydrogen-bond donors (Lipinski definition) is 0. The molecule has 0 fully saturated rings. The van der Waals surface area contributed by atoms with Gasteiger partial charge in [0.05, 0.1) is 11.5 Å². The summed E-state index contributed by atoms with van der Waals surface area (Å²) < 4.78 is 5.06. The van der Waals surface area contributed by atoms with E-state index in [9.17, 15) is 4.79 Å². The summed E-state index contributed by atoms with van der Waals surface area (Å²) in [6.45, 7) is 11.3. The van der Waals surface area contributed by atoms with E-state index in [2.05, 4.69) is 19.6 Å². The minimum Gasteiger partial charge on any atom is -0.463 e. The van der Waals surface area contributed by atoms with Crippen LogP contribution < -0.4 is 0 Å². The first-order valence-electron chi connectivity index (χ1n) is 6.45. The zero-order valence-corrected chi connectivity index (χ0v) is 12.7. The van der Waals surface area contributed by atoms with Crippen LogP contribution in [0.15, 0.2) is 23.8 Å². The highest BCUT2D eigenvalue weighted by molar-refractivity contribution is 6.22. The van der Waals surface area contributed by atoms with Crippen molar-refractivity contribution in [1.29, 1.82) is 0 Å². The smallest absolute Gasteiger partial charge is 0.302 e. The summed E-state index contributed by atoms with van der Waals surface area (Å²) in [5.41, 5.74) is 2.35. The maximum absolute atomic E-state index is 10.7. The highest BCUT2D eigenvalue weighted by atomic mass is 35.5. The molecule has 0 aromatic carbocycles. The van der Waals surface area contributed by atoms with Crippen molar-refractivity contribution in [3.8, 4) is 0 Å². The molecule has 0 aliphatic carbocycles. The Balaban J connectivity index is 3.84. The Morgan fingerprint density at radius 3 is 2.44 bits per heavy atom. The van der Waals surface area contributed by atoms with Gasteiger partial charge in [0, 0.05) is 6.92 Å². The van der Waals surface area contributed by atoms with Gasteiger partial charge in [0.25, 0.3) is 0 Å². The Hall–Kier alpha value is -0.760. The number of hydrogen-bond acceptors (Lipinski definition) is 2. The molecule has 0 aliphatic rings. The summed E-state index contributed by atoms with van der Waals surface area (Å²) in [6.07, 6.45) is 5.90. The van der Waals surface area contributed by atoms with Crippen LogP contribution in [0.4, 0.5) is 0 Å². The second kappa shape index (κ2) is 9.21. The molecule has 0 amide bonds. The zero-order chi connectivity index (χ0) is 14.1. The number of carbonyl (C=O) groups is 1. The number of carbonyl (C=O) groups excluding carboxylic acids is 1. The second-order valence-electron chi connectivity index (χ2n) is 4.90. The molecule has 2 unspecified atom stereocenters. The van der Waals surface area contributed by atoms with Gasteiger partial charge in [0.1, 0.15) is 0 Å². The highest BCUT2D eigenvalue weighted by Crippen LogP contribution is 2.17. The van der Waals surface area contributed by atoms with E-state index in [1.165, 1.54) is 12.5 Å². The van der Waals surface area contributed by atoms with Crippen molar-refractivity contribution in [2.45, 2.75) is 64.9 Å². The summed E-state index contributed by atoms with van der Waals surface area (Å²) in [5, 5.41) is 0.0633. The van der Waals surface area contributed by atoms with Crippen molar-refractivity contribution in [3.63, 3.8) is 0 Å². The number of allylic oxidation sites excluding steroid dienone is 3. The second-order valence-corrected chi connectivity index (χ2v) is 5.43. The van der Waals surface area contributed by atoms with E-state index >= 15 is 0 Å². The molecular formula is C15H25ClO2. The highest BCUT2D eigenvalue weighted by Gasteiger charge is 2.06. The lowest BCUT2D eigenvalue weighted by molar-refractivity contribution is -0.145. The van der Waals surface area contributed by atoms with Crippen molar-refractivity contribution in [2.75, 3.05) is 0 Å². The maximum Gasteiger partial charge on any atom is 0.302 e. The van der Waals surface area contributed by atoms with Crippen LogP contribution in [0.25, 0.3) is 0 Å². The van der Waals surface area contributed by atoms with Gasteiger partial charge >= 0.3 is 5.97 Å². The standard InChI is InChI=1S/C15H25ClO2/c1-11(2)15(16)10-9-12(3)7-6-8-13(4)18-14(5)17/h7,13,15H,1,6,8-10H2,2-5H3/b12-7+. The summed E-state index contributed by atoms with van der Waals surface area (Å²) in [5.74, 6) is -0.213. The minimum atomic E-state index is -0.213. The molecule has 0 rings (SSSR count). The molecule has 0 aliphatic heterocycles. The Morgan fingerprint density at radius 1 is 1.33 bits per heavy atom. The number of rotatable bonds is 8. The average molecular weight is 273 g/mol. The molecular weight excluding hydrogens is 248 g/mol. The molecule has 0 N–H and O–H groups in total. The molecule has 104 valence electrons. The molecule has 2 nitrogen and oxygen atoms in total. The van der Waals surface area contributed by atoms with Crippen molar-refractivity contribution in [2.24, 2.45) is 0 Å². The molecule has 0 saturated carbocycles. The predicted molar refractivity (Wildman–Crippen MR) is 77.9 cm³/mol. The van der Waals surface area contributed by atoms with E-state index in [0.717, 1.165) is 31.3 Å². The van der Waals surface area contributed by atoms with E-state index in [0.29, 0.717) is 0 Å². The van der Waals surface area contributed by atoms with Gasteiger partial charge < -0.3 is 4.74 Å². The molecule has 0 bridgehead atoms. The fourth-order valence-corrected chi connectivity index (χ4v) is 1.72. The summed E-state index contributed by atoms with van der Waals surface area (Å²) >= 11 is 6.12. The molecule has 2 atom stereocenters. The first kappa shape index (κ1) is 17.2. The van der Waals surface area contributed by atoms with E-state index in [-0.39, 0.29) is 17.5 Å². The van der Waals surface area contributed by atoms with Gasteiger partial charge in [-0.05, 0) is 46.5 Å². The van der Waals surface area contributed by atoms with Crippen molar-refractivity contribution >= 4 is 17.6 Å². The predicted octanol–water partition coefficient (Wildman–Crippen LogP) is 4.63. The topological polar surface area (TPSA) is 26.3 Å². The fraction of sp³-hybridized carbons (Fsp3) is 0.667. The van der Waals surface area contributed by atoms with Crippen LogP contribution in [0.1, 0.15) is 53.4 Å². The van der Waals surface area contributed by atoms with Crippen LogP contribution in [0.3, 0.4) is 0 Å². The molecule has 18 heavy (non-hydrogen) atoms. The van der Waals surface area contributed by atoms with Crippen LogP contribution in [0, 0.1) is 0 Å². The Morgan fingerprint density at radius 2 is 1.94 bits per heavy atom. The summed E-state index contributed by atoms with van der Waals surface area (Å²) in [4.78, 5) is 10.7. The van der Waals surface area contributed by atoms with Crippen molar-refractivity contribution < 1.29 is 9.53 Å². The lowest BCUT2D eigenvalue weighted by Crippen LogP contribution is -2.11. The Kier molecular flexibility index (Phi) is 8.82. The van der Waals surface area contributed by atoms with E-state index in [1.54, 1.807) is 0 Å². The average Bonchev–Trinajstić information content (AvgIpc) is 2.24. The van der Waals surface area contributed by atoms with Crippen LogP contribution in [-0.2, 0) is 9.53 Å². The normalized spacial score (nSPS) is 15.1. The number of alkyl halides is 1. The van der Waals surface area contributed by atoms with Gasteiger partial charge in [-0.2, -0.15) is 0 Å². The lowest BCUT2D eigenvalue weighted by atomic mass is 10.0. The van der Waals surface area contributed by atoms with Gasteiger partial charge in [-0.15, -0.1) is 11.6 Å². The van der Waals surface area contributed by atoms with Gasteiger partial charge in [-0.25, -0.2) is 0 Å². The third kappa shape index (κ3) is 9.29. The van der Waals surface area contributed by atoms with Crippen molar-refractivity contribution in [1.82, 2.24) is 0 Å². The molecule has 0 radical (unpaired) electrons. The van der Waals surface area contributed by atoms with E-state index in [4.69, 9.17) is 16.3 Å². The molecule has 0 saturated heterocycles. The van der Waals surface area contributed by atoms with E-state index in [1.807, 2.05) is 13.8 Å². The number of ether oxygens (including phenoxy) is 1. The molecule has 0 aromatic rings. The number of esters is 1. The first-order valence-corrected chi connectivity index (χ1v) is 6.89. The van der Waals surface area contributed by atoms with E-state index < -0.39 is 0 Å². The summed E-state index contributed by atoms with van der Waals surface area (Å²) in [7, 11) is 0. The van der Waals surface area contributed by atoms with Crippen LogP contribution in [-0.4, -0.2) is 17.5 Å². The fourth-order valence-electron chi connectivity index (χ4n) is 1.61. The number of halogens is 1. The maximum atomic E-state index is 10.7. The molecule has 0 heterocycles. The third-order valence-electron chi connectivity index (χ3n) is 2.76. The molecule has 3 heteroatoms. The van der Waals surface area contributed by atoms with Gasteiger partial charge in [0.15, 0.2) is 0 Å². The molecule has 0 aromatic heterocycles. The van der Waals surface area contributed by atoms with Gasteiger partial charge in [-0.1, -0.05) is 23.8 Å². The monoisotopic (exact) mass is 272 g/mol. The zero-order valence-electron chi connectivity index (χ0n) is 12.0. The third-order valence-corrected chi connectivity index (χ3v) is 3.35. The van der Waals surface area contributed by atoms with Crippen LogP contribution in [0.5, 0.6) is 0 Å². The largest absolute Gasteiger partial charge is 0.463 e. The van der Waals surface area contributed by atoms with Gasteiger partial charge in [-0.3, -0.25) is 4.79 Å². The Labute approximate surface area is 116 Å². The van der Waals surface area contributed by atoms with Gasteiger partial charge in [0.2, 0.25) is 0 Å².